The van der Waals surface area contributed by atoms with Crippen LogP contribution in [0.15, 0.2) is 0 Å². The molecule has 0 aliphatic heterocycles. The molecule has 1 aromatic heterocycles. The third-order valence-electron chi connectivity index (χ3n) is 0.960. The van der Waals surface area contributed by atoms with E-state index in [4.69, 9.17) is 0 Å². The third kappa shape index (κ3) is 3.97. The van der Waals surface area contributed by atoms with Crippen molar-refractivity contribution in [1.29, 1.82) is 0 Å². The largest absolute Gasteiger partial charge is 0.684 e. The van der Waals surface area contributed by atoms with E-state index in [1.807, 2.05) is 13.8 Å². The van der Waals surface area contributed by atoms with Crippen LogP contribution in [0.5, 0.6) is 0 Å². The minimum absolute atomic E-state index is 0. The van der Waals surface area contributed by atoms with Gasteiger partial charge in [-0.3, -0.25) is 0 Å². The van der Waals surface area contributed by atoms with Crippen LogP contribution in [-0.4, -0.2) is 5.10 Å². The molecule has 9 heavy (non-hydrogen) atoms. The zero-order valence-corrected chi connectivity index (χ0v) is 11.2. The zero-order chi connectivity index (χ0) is 5.28. The van der Waals surface area contributed by atoms with E-state index in [2.05, 4.69) is 16.4 Å². The van der Waals surface area contributed by atoms with Crippen molar-refractivity contribution in [1.82, 2.24) is 10.2 Å². The fourth-order valence-corrected chi connectivity index (χ4v) is 0.331. The van der Waals surface area contributed by atoms with Crippen LogP contribution >= 0.6 is 0 Å². The van der Waals surface area contributed by atoms with Crippen LogP contribution in [0, 0.1) is 20.0 Å². The van der Waals surface area contributed by atoms with Crippen molar-refractivity contribution in [3.05, 3.63) is 17.5 Å². The van der Waals surface area contributed by atoms with Gasteiger partial charge < -0.3 is 15.9 Å². The number of rotatable bonds is 0. The zero-order valence-electron chi connectivity index (χ0n) is 5.55. The summed E-state index contributed by atoms with van der Waals surface area (Å²) in [5.74, 6) is 0. The molecule has 0 aromatic carbocycles. The number of hydrogen-bond donors (Lipinski definition) is 0. The van der Waals surface area contributed by atoms with Gasteiger partial charge in [0, 0.05) is 65.4 Å². The van der Waals surface area contributed by atoms with Crippen LogP contribution in [-0.2, 0) is 65.4 Å². The van der Waals surface area contributed by atoms with Crippen molar-refractivity contribution >= 4 is 0 Å². The Kier molecular flexibility index (Phi) is 8.91. The van der Waals surface area contributed by atoms with Crippen LogP contribution < -0.4 is 5.10 Å². The second-order valence-electron chi connectivity index (χ2n) is 1.52. The molecule has 1 aromatic rings. The van der Waals surface area contributed by atoms with E-state index in [0.717, 1.165) is 11.3 Å². The Morgan fingerprint density at radius 2 is 1.89 bits per heavy atom. The summed E-state index contributed by atoms with van der Waals surface area (Å²) in [5.41, 5.74) is 2.01. The first-order valence-corrected chi connectivity index (χ1v) is 2.15. The van der Waals surface area contributed by atoms with Crippen LogP contribution in [0.25, 0.3) is 0 Å². The number of nitrogens with zero attached hydrogens (tertiary/aromatic N) is 2. The molecule has 0 amide bonds. The topological polar surface area (TPSA) is 27.0 Å². The molecule has 0 saturated heterocycles. The van der Waals surface area contributed by atoms with Gasteiger partial charge in [0.05, 0.1) is 0 Å². The molecule has 0 N–H and O–H groups in total. The van der Waals surface area contributed by atoms with E-state index in [9.17, 15) is 0 Å². The van der Waals surface area contributed by atoms with Gasteiger partial charge in [0.1, 0.15) is 0 Å². The molecule has 2 nitrogen and oxygen atoms in total. The maximum atomic E-state index is 3.71. The van der Waals surface area contributed by atoms with E-state index < -0.39 is 0 Å². The Labute approximate surface area is 105 Å². The van der Waals surface area contributed by atoms with Crippen LogP contribution in [0.2, 0.25) is 0 Å². The third-order valence-corrected chi connectivity index (χ3v) is 0.960. The molecular formula is C5H6N2Y2-2. The molecule has 0 bridgehead atoms. The van der Waals surface area contributed by atoms with Crippen molar-refractivity contribution < 1.29 is 65.4 Å². The molecular weight excluding hydrogens is 266 g/mol. The summed E-state index contributed by atoms with van der Waals surface area (Å²) in [6.07, 6.45) is 2.71. The van der Waals surface area contributed by atoms with Crippen molar-refractivity contribution in [3.63, 3.8) is 0 Å². The first-order chi connectivity index (χ1) is 3.30. The first-order valence-electron chi connectivity index (χ1n) is 2.15. The molecule has 0 unspecified atom stereocenters. The Bertz CT molecular complexity index is 145. The van der Waals surface area contributed by atoms with Crippen LogP contribution in [0.4, 0.5) is 0 Å². The fourth-order valence-electron chi connectivity index (χ4n) is 0.331. The number of aryl methyl sites for hydroxylation is 2. The van der Waals surface area contributed by atoms with Crippen molar-refractivity contribution in [3.8, 4) is 0 Å². The molecule has 44 valence electrons. The summed E-state index contributed by atoms with van der Waals surface area (Å²) in [5, 5.41) is 7.26. The molecule has 0 aliphatic rings. The fraction of sp³-hybridized carbons (Fsp3) is 0.400. The molecule has 0 atom stereocenters. The van der Waals surface area contributed by atoms with Gasteiger partial charge in [0.15, 0.2) is 0 Å². The average Bonchev–Trinajstić information content (AvgIpc) is 1.91. The molecule has 0 aliphatic carbocycles. The predicted molar refractivity (Wildman–Crippen MR) is 25.9 cm³/mol. The Balaban J connectivity index is 0. The van der Waals surface area contributed by atoms with Crippen LogP contribution in [0.1, 0.15) is 11.3 Å². The minimum atomic E-state index is 0. The van der Waals surface area contributed by atoms with Gasteiger partial charge in [-0.1, -0.05) is 6.92 Å². The van der Waals surface area contributed by atoms with Crippen molar-refractivity contribution in [2.24, 2.45) is 0 Å². The average molecular weight is 272 g/mol. The van der Waals surface area contributed by atoms with E-state index in [1.165, 1.54) is 0 Å². The van der Waals surface area contributed by atoms with E-state index >= 15 is 0 Å². The molecule has 1 heterocycles. The van der Waals surface area contributed by atoms with E-state index in [1.54, 1.807) is 0 Å². The summed E-state index contributed by atoms with van der Waals surface area (Å²) in [6, 6.07) is 0. The second-order valence-corrected chi connectivity index (χ2v) is 1.52. The summed E-state index contributed by atoms with van der Waals surface area (Å²) in [7, 11) is 0. The summed E-state index contributed by atoms with van der Waals surface area (Å²) in [6.45, 7) is 3.86. The smallest absolute Gasteiger partial charge is 0 e. The predicted octanol–water partition coefficient (Wildman–Crippen LogP) is 0.451. The van der Waals surface area contributed by atoms with E-state index in [0.29, 0.717) is 0 Å². The quantitative estimate of drug-likeness (QED) is 0.641. The molecule has 0 fully saturated rings. The van der Waals surface area contributed by atoms with Crippen molar-refractivity contribution in [2.45, 2.75) is 13.8 Å². The number of hydrogen-bond acceptors (Lipinski definition) is 1. The van der Waals surface area contributed by atoms with Gasteiger partial charge in [-0.2, -0.15) is 6.20 Å². The summed E-state index contributed by atoms with van der Waals surface area (Å²) < 4.78 is 0. The van der Waals surface area contributed by atoms with Gasteiger partial charge in [0.2, 0.25) is 0 Å². The monoisotopic (exact) mass is 272 g/mol. The maximum Gasteiger partial charge on any atom is 0 e. The van der Waals surface area contributed by atoms with Gasteiger partial charge in [-0.25, -0.2) is 5.56 Å². The van der Waals surface area contributed by atoms with Crippen molar-refractivity contribution in [2.75, 3.05) is 0 Å². The van der Waals surface area contributed by atoms with Gasteiger partial charge in [0.25, 0.3) is 0 Å². The Hall–Kier alpha value is 1.42. The molecule has 4 heteroatoms. The summed E-state index contributed by atoms with van der Waals surface area (Å²) in [4.78, 5) is 0. The van der Waals surface area contributed by atoms with Gasteiger partial charge in [-0.05, 0) is 0 Å². The Morgan fingerprint density at radius 3 is 2.00 bits per heavy atom. The van der Waals surface area contributed by atoms with E-state index in [-0.39, 0.29) is 65.4 Å². The molecule has 1 rings (SSSR count). The SMILES string of the molecule is Cc1[c-]n[n-]c1C.[Y].[Y]. The van der Waals surface area contributed by atoms with Gasteiger partial charge >= 0.3 is 0 Å². The maximum absolute atomic E-state index is 3.71. The normalized spacial score (nSPS) is 7.33. The first kappa shape index (κ1) is 13.0. The molecule has 2 radical (unpaired) electrons. The molecule has 0 saturated carbocycles. The summed E-state index contributed by atoms with van der Waals surface area (Å²) >= 11 is 0. The minimum Gasteiger partial charge on any atom is -0.684 e. The van der Waals surface area contributed by atoms with Gasteiger partial charge in [-0.15, -0.1) is 6.92 Å². The number of aromatic nitrogens is 2. The standard InChI is InChI=1S/C5H6N2.2Y/c1-4-3-6-7-5(4)2;;/h1-2H3;;/q-2;;. The Morgan fingerprint density at radius 1 is 1.33 bits per heavy atom. The molecule has 0 spiro atoms. The van der Waals surface area contributed by atoms with Crippen LogP contribution in [0.3, 0.4) is 0 Å². The second kappa shape index (κ2) is 6.15.